The van der Waals surface area contributed by atoms with Gasteiger partial charge in [-0.2, -0.15) is 0 Å². The Kier molecular flexibility index (Phi) is 2.98. The summed E-state index contributed by atoms with van der Waals surface area (Å²) < 4.78 is 5.02. The minimum absolute atomic E-state index is 0.0161. The second-order valence-corrected chi connectivity index (χ2v) is 5.07. The van der Waals surface area contributed by atoms with E-state index in [4.69, 9.17) is 10.5 Å². The number of carbonyl (C=O) groups is 1. The van der Waals surface area contributed by atoms with E-state index in [1.54, 1.807) is 0 Å². The third kappa shape index (κ3) is 2.32. The highest BCUT2D eigenvalue weighted by Gasteiger charge is 2.39. The first-order chi connectivity index (χ1) is 7.10. The fourth-order valence-electron chi connectivity index (χ4n) is 2.45. The standard InChI is InChI=1S/C11H20N2O2/c1-8-3-2-4-11(12,5-8)10(14)13-9-6-15-7-9/h8-9H,2-7,12H2,1H3,(H,13,14). The van der Waals surface area contributed by atoms with Gasteiger partial charge in [0.05, 0.1) is 24.8 Å². The molecule has 1 aliphatic heterocycles. The molecule has 4 heteroatoms. The normalized spacial score (nSPS) is 37.1. The highest BCUT2D eigenvalue weighted by molar-refractivity contribution is 5.86. The van der Waals surface area contributed by atoms with Gasteiger partial charge in [0.2, 0.25) is 5.91 Å². The third-order valence-corrected chi connectivity index (χ3v) is 3.46. The summed E-state index contributed by atoms with van der Waals surface area (Å²) in [6, 6.07) is 0.190. The van der Waals surface area contributed by atoms with Gasteiger partial charge < -0.3 is 15.8 Å². The van der Waals surface area contributed by atoms with Crippen LogP contribution in [-0.4, -0.2) is 30.7 Å². The van der Waals surface area contributed by atoms with Crippen LogP contribution in [0, 0.1) is 5.92 Å². The van der Waals surface area contributed by atoms with Gasteiger partial charge in [-0.3, -0.25) is 4.79 Å². The fourth-order valence-corrected chi connectivity index (χ4v) is 2.45. The summed E-state index contributed by atoms with van der Waals surface area (Å²) in [5.41, 5.74) is 5.54. The summed E-state index contributed by atoms with van der Waals surface area (Å²) in [5.74, 6) is 0.578. The lowest BCUT2D eigenvalue weighted by Gasteiger charge is -2.37. The van der Waals surface area contributed by atoms with Crippen LogP contribution in [0.15, 0.2) is 0 Å². The SMILES string of the molecule is CC1CCCC(N)(C(=O)NC2COC2)C1. The molecular formula is C11H20N2O2. The highest BCUT2D eigenvalue weighted by Crippen LogP contribution is 2.30. The molecule has 86 valence electrons. The maximum Gasteiger partial charge on any atom is 0.240 e. The van der Waals surface area contributed by atoms with Crippen molar-refractivity contribution in [2.45, 2.75) is 44.2 Å². The van der Waals surface area contributed by atoms with E-state index in [1.807, 2.05) is 0 Å². The monoisotopic (exact) mass is 212 g/mol. The molecule has 0 spiro atoms. The molecule has 0 aromatic heterocycles. The molecule has 2 rings (SSSR count). The molecule has 3 N–H and O–H groups in total. The lowest BCUT2D eigenvalue weighted by Crippen LogP contribution is -2.61. The molecule has 0 bridgehead atoms. The van der Waals surface area contributed by atoms with Crippen LogP contribution >= 0.6 is 0 Å². The van der Waals surface area contributed by atoms with Gasteiger partial charge in [-0.1, -0.05) is 19.8 Å². The van der Waals surface area contributed by atoms with Crippen molar-refractivity contribution >= 4 is 5.91 Å². The molecule has 0 aromatic rings. The Morgan fingerprint density at radius 1 is 1.53 bits per heavy atom. The number of hydrogen-bond acceptors (Lipinski definition) is 3. The molecule has 1 aliphatic carbocycles. The van der Waals surface area contributed by atoms with E-state index in [1.165, 1.54) is 6.42 Å². The number of ether oxygens (including phenoxy) is 1. The Bertz CT molecular complexity index is 253. The van der Waals surface area contributed by atoms with Crippen LogP contribution in [0.25, 0.3) is 0 Å². The minimum atomic E-state index is -0.632. The van der Waals surface area contributed by atoms with E-state index in [9.17, 15) is 4.79 Å². The van der Waals surface area contributed by atoms with Crippen LogP contribution in [0.2, 0.25) is 0 Å². The molecule has 15 heavy (non-hydrogen) atoms. The van der Waals surface area contributed by atoms with Crippen LogP contribution in [0.5, 0.6) is 0 Å². The molecule has 2 fully saturated rings. The number of nitrogens with two attached hydrogens (primary N) is 1. The number of carbonyl (C=O) groups excluding carboxylic acids is 1. The first kappa shape index (κ1) is 10.9. The lowest BCUT2D eigenvalue weighted by molar-refractivity contribution is -0.132. The quantitative estimate of drug-likeness (QED) is 0.696. The molecule has 1 amide bonds. The number of rotatable bonds is 2. The summed E-state index contributed by atoms with van der Waals surface area (Å²) in [7, 11) is 0. The Balaban J connectivity index is 1.91. The topological polar surface area (TPSA) is 64.4 Å². The molecule has 1 saturated heterocycles. The third-order valence-electron chi connectivity index (χ3n) is 3.46. The van der Waals surface area contributed by atoms with Crippen molar-refractivity contribution in [3.05, 3.63) is 0 Å². The second kappa shape index (κ2) is 4.10. The van der Waals surface area contributed by atoms with E-state index in [0.29, 0.717) is 19.1 Å². The molecule has 1 heterocycles. The largest absolute Gasteiger partial charge is 0.377 e. The van der Waals surface area contributed by atoms with Gasteiger partial charge in [-0.15, -0.1) is 0 Å². The maximum absolute atomic E-state index is 12.0. The Morgan fingerprint density at radius 3 is 2.80 bits per heavy atom. The molecule has 2 atom stereocenters. The van der Waals surface area contributed by atoms with Crippen LogP contribution in [0.1, 0.15) is 32.6 Å². The van der Waals surface area contributed by atoms with Crippen molar-refractivity contribution in [2.24, 2.45) is 11.7 Å². The van der Waals surface area contributed by atoms with Crippen molar-refractivity contribution in [3.8, 4) is 0 Å². The first-order valence-corrected chi connectivity index (χ1v) is 5.78. The highest BCUT2D eigenvalue weighted by atomic mass is 16.5. The maximum atomic E-state index is 12.0. The van der Waals surface area contributed by atoms with Gasteiger partial charge in [0, 0.05) is 0 Å². The van der Waals surface area contributed by atoms with Gasteiger partial charge >= 0.3 is 0 Å². The van der Waals surface area contributed by atoms with Crippen LogP contribution in [0.3, 0.4) is 0 Å². The molecule has 0 radical (unpaired) electrons. The predicted octanol–water partition coefficient (Wildman–Crippen LogP) is 0.409. The molecule has 4 nitrogen and oxygen atoms in total. The van der Waals surface area contributed by atoms with Crippen molar-refractivity contribution in [1.82, 2.24) is 5.32 Å². The predicted molar refractivity (Wildman–Crippen MR) is 57.3 cm³/mol. The first-order valence-electron chi connectivity index (χ1n) is 5.78. The van der Waals surface area contributed by atoms with Crippen molar-refractivity contribution in [1.29, 1.82) is 0 Å². The van der Waals surface area contributed by atoms with Crippen molar-refractivity contribution in [3.63, 3.8) is 0 Å². The van der Waals surface area contributed by atoms with Crippen LogP contribution < -0.4 is 11.1 Å². The van der Waals surface area contributed by atoms with Gasteiger partial charge in [0.25, 0.3) is 0 Å². The number of amides is 1. The smallest absolute Gasteiger partial charge is 0.240 e. The second-order valence-electron chi connectivity index (χ2n) is 5.07. The van der Waals surface area contributed by atoms with E-state index in [-0.39, 0.29) is 11.9 Å². The van der Waals surface area contributed by atoms with E-state index in [0.717, 1.165) is 19.3 Å². The zero-order valence-electron chi connectivity index (χ0n) is 9.29. The van der Waals surface area contributed by atoms with Crippen molar-refractivity contribution in [2.75, 3.05) is 13.2 Å². The summed E-state index contributed by atoms with van der Waals surface area (Å²) in [6.07, 6.45) is 3.88. The fraction of sp³-hybridized carbons (Fsp3) is 0.909. The van der Waals surface area contributed by atoms with E-state index < -0.39 is 5.54 Å². The Hall–Kier alpha value is -0.610. The summed E-state index contributed by atoms with van der Waals surface area (Å²) in [5, 5.41) is 2.96. The molecular weight excluding hydrogens is 192 g/mol. The van der Waals surface area contributed by atoms with Crippen LogP contribution in [0.4, 0.5) is 0 Å². The molecule has 1 saturated carbocycles. The Labute approximate surface area is 90.5 Å². The molecule has 2 unspecified atom stereocenters. The average molecular weight is 212 g/mol. The average Bonchev–Trinajstić information content (AvgIpc) is 2.10. The van der Waals surface area contributed by atoms with Gasteiger partial charge in [-0.05, 0) is 18.8 Å². The summed E-state index contributed by atoms with van der Waals surface area (Å²) >= 11 is 0. The van der Waals surface area contributed by atoms with Gasteiger partial charge in [0.1, 0.15) is 0 Å². The van der Waals surface area contributed by atoms with Crippen molar-refractivity contribution < 1.29 is 9.53 Å². The summed E-state index contributed by atoms with van der Waals surface area (Å²) in [6.45, 7) is 3.44. The van der Waals surface area contributed by atoms with E-state index >= 15 is 0 Å². The van der Waals surface area contributed by atoms with Gasteiger partial charge in [-0.25, -0.2) is 0 Å². The summed E-state index contributed by atoms with van der Waals surface area (Å²) in [4.78, 5) is 12.0. The van der Waals surface area contributed by atoms with Gasteiger partial charge in [0.15, 0.2) is 0 Å². The zero-order chi connectivity index (χ0) is 10.9. The Morgan fingerprint density at radius 2 is 2.27 bits per heavy atom. The van der Waals surface area contributed by atoms with E-state index in [2.05, 4.69) is 12.2 Å². The minimum Gasteiger partial charge on any atom is -0.377 e. The number of hydrogen-bond donors (Lipinski definition) is 2. The lowest BCUT2D eigenvalue weighted by atomic mass is 9.76. The molecule has 2 aliphatic rings. The number of nitrogens with one attached hydrogen (secondary N) is 1. The van der Waals surface area contributed by atoms with Crippen LogP contribution in [-0.2, 0) is 9.53 Å². The molecule has 0 aromatic carbocycles. The zero-order valence-corrected chi connectivity index (χ0v) is 9.29.